The van der Waals surface area contributed by atoms with Crippen LogP contribution in [0, 0.1) is 0 Å². The van der Waals surface area contributed by atoms with Gasteiger partial charge >= 0.3 is 0 Å². The number of aromatic nitrogens is 1. The summed E-state index contributed by atoms with van der Waals surface area (Å²) in [5.41, 5.74) is 2.50. The Kier molecular flexibility index (Phi) is 3.77. The molecule has 3 rings (SSSR count). The van der Waals surface area contributed by atoms with Gasteiger partial charge in [-0.2, -0.15) is 0 Å². The fourth-order valence-corrected chi connectivity index (χ4v) is 3.04. The number of benzene rings is 1. The van der Waals surface area contributed by atoms with E-state index in [2.05, 4.69) is 42.1 Å². The Hall–Kier alpha value is -1.77. The van der Waals surface area contributed by atoms with E-state index in [-0.39, 0.29) is 0 Å². The summed E-state index contributed by atoms with van der Waals surface area (Å²) in [5.74, 6) is 0.317. The Balaban J connectivity index is 1.62. The van der Waals surface area contributed by atoms with Gasteiger partial charge in [-0.25, -0.2) is 0 Å². The normalized spacial score (nSPS) is 15.8. The van der Waals surface area contributed by atoms with Crippen LogP contribution in [0.3, 0.4) is 0 Å². The molecule has 0 aliphatic carbocycles. The number of likely N-dealkylation sites (tertiary alicyclic amines) is 1. The highest BCUT2D eigenvalue weighted by molar-refractivity contribution is 5.81. The van der Waals surface area contributed by atoms with Gasteiger partial charge in [0.15, 0.2) is 0 Å². The van der Waals surface area contributed by atoms with E-state index in [1.165, 1.54) is 35.7 Å². The standard InChI is InChI=1S/C17H22N2O/c1-18-12-9-15-13-14(5-7-16(15)18)6-8-17(20)19-10-3-2-4-11-19/h5,7,9,12-13H,2-4,6,8,10-11H2,1H3. The lowest BCUT2D eigenvalue weighted by atomic mass is 10.1. The maximum Gasteiger partial charge on any atom is 0.222 e. The van der Waals surface area contributed by atoms with E-state index in [1.54, 1.807) is 0 Å². The number of fused-ring (bicyclic) bond motifs is 1. The number of hydrogen-bond acceptors (Lipinski definition) is 1. The van der Waals surface area contributed by atoms with Gasteiger partial charge in [0, 0.05) is 38.3 Å². The molecule has 0 bridgehead atoms. The van der Waals surface area contributed by atoms with Crippen molar-refractivity contribution in [1.29, 1.82) is 0 Å². The lowest BCUT2D eigenvalue weighted by molar-refractivity contribution is -0.132. The van der Waals surface area contributed by atoms with Crippen molar-refractivity contribution in [2.75, 3.05) is 13.1 Å². The minimum absolute atomic E-state index is 0.317. The zero-order chi connectivity index (χ0) is 13.9. The molecule has 2 aromatic rings. The molecule has 20 heavy (non-hydrogen) atoms. The second-order valence-electron chi connectivity index (χ2n) is 5.76. The lowest BCUT2D eigenvalue weighted by Gasteiger charge is -2.26. The molecule has 1 aromatic carbocycles. The fraction of sp³-hybridized carbons (Fsp3) is 0.471. The third-order valence-electron chi connectivity index (χ3n) is 4.29. The highest BCUT2D eigenvalue weighted by atomic mass is 16.2. The molecular weight excluding hydrogens is 248 g/mol. The number of carbonyl (C=O) groups is 1. The molecule has 3 heteroatoms. The summed E-state index contributed by atoms with van der Waals surface area (Å²) >= 11 is 0. The minimum Gasteiger partial charge on any atom is -0.351 e. The van der Waals surface area contributed by atoms with Gasteiger partial charge in [-0.15, -0.1) is 0 Å². The number of aryl methyl sites for hydroxylation is 2. The summed E-state index contributed by atoms with van der Waals surface area (Å²) in [7, 11) is 2.06. The molecule has 3 nitrogen and oxygen atoms in total. The van der Waals surface area contributed by atoms with Crippen LogP contribution in [0.25, 0.3) is 10.9 Å². The molecule has 1 aromatic heterocycles. The molecule has 0 saturated carbocycles. The predicted molar refractivity (Wildman–Crippen MR) is 81.7 cm³/mol. The minimum atomic E-state index is 0.317. The first-order chi connectivity index (χ1) is 9.74. The monoisotopic (exact) mass is 270 g/mol. The first-order valence-electron chi connectivity index (χ1n) is 7.56. The third kappa shape index (κ3) is 2.72. The number of nitrogens with zero attached hydrogens (tertiary/aromatic N) is 2. The van der Waals surface area contributed by atoms with E-state index in [1.807, 2.05) is 4.90 Å². The van der Waals surface area contributed by atoms with Crippen LogP contribution in [-0.4, -0.2) is 28.5 Å². The highest BCUT2D eigenvalue weighted by Crippen LogP contribution is 2.18. The van der Waals surface area contributed by atoms with Gasteiger partial charge in [-0.3, -0.25) is 4.79 Å². The van der Waals surface area contributed by atoms with Gasteiger partial charge in [-0.05, 0) is 54.8 Å². The number of amides is 1. The van der Waals surface area contributed by atoms with E-state index in [0.29, 0.717) is 12.3 Å². The highest BCUT2D eigenvalue weighted by Gasteiger charge is 2.15. The molecule has 2 heterocycles. The van der Waals surface area contributed by atoms with E-state index < -0.39 is 0 Å². The van der Waals surface area contributed by atoms with Crippen LogP contribution in [0.2, 0.25) is 0 Å². The molecule has 1 saturated heterocycles. The Bertz CT molecular complexity index is 608. The molecule has 0 unspecified atom stereocenters. The molecule has 1 aliphatic rings. The Morgan fingerprint density at radius 2 is 1.95 bits per heavy atom. The Morgan fingerprint density at radius 3 is 2.75 bits per heavy atom. The molecule has 0 radical (unpaired) electrons. The quantitative estimate of drug-likeness (QED) is 0.841. The molecule has 0 atom stereocenters. The molecular formula is C17H22N2O. The van der Waals surface area contributed by atoms with Crippen LogP contribution in [0.15, 0.2) is 30.5 Å². The zero-order valence-electron chi connectivity index (χ0n) is 12.1. The number of carbonyl (C=O) groups excluding carboxylic acids is 1. The van der Waals surface area contributed by atoms with E-state index >= 15 is 0 Å². The average Bonchev–Trinajstić information content (AvgIpc) is 2.87. The van der Waals surface area contributed by atoms with E-state index in [9.17, 15) is 4.79 Å². The lowest BCUT2D eigenvalue weighted by Crippen LogP contribution is -2.35. The summed E-state index contributed by atoms with van der Waals surface area (Å²) in [6.45, 7) is 1.91. The van der Waals surface area contributed by atoms with Crippen LogP contribution in [-0.2, 0) is 18.3 Å². The van der Waals surface area contributed by atoms with Crippen LogP contribution in [0.4, 0.5) is 0 Å². The van der Waals surface area contributed by atoms with Gasteiger partial charge in [0.2, 0.25) is 5.91 Å². The average molecular weight is 270 g/mol. The van der Waals surface area contributed by atoms with Crippen LogP contribution >= 0.6 is 0 Å². The number of hydrogen-bond donors (Lipinski definition) is 0. The van der Waals surface area contributed by atoms with Crippen LogP contribution < -0.4 is 0 Å². The SMILES string of the molecule is Cn1ccc2cc(CCC(=O)N3CCCCC3)ccc21. The van der Waals surface area contributed by atoms with Crippen molar-refractivity contribution >= 4 is 16.8 Å². The Morgan fingerprint density at radius 1 is 1.15 bits per heavy atom. The van der Waals surface area contributed by atoms with Crippen molar-refractivity contribution in [3.8, 4) is 0 Å². The van der Waals surface area contributed by atoms with Crippen LogP contribution in [0.5, 0.6) is 0 Å². The number of piperidine rings is 1. The summed E-state index contributed by atoms with van der Waals surface area (Å²) in [6.07, 6.45) is 7.17. The van der Waals surface area contributed by atoms with Crippen molar-refractivity contribution in [3.63, 3.8) is 0 Å². The van der Waals surface area contributed by atoms with E-state index in [0.717, 1.165) is 19.5 Å². The first-order valence-corrected chi connectivity index (χ1v) is 7.56. The van der Waals surface area contributed by atoms with Crippen molar-refractivity contribution in [2.24, 2.45) is 7.05 Å². The van der Waals surface area contributed by atoms with Gasteiger partial charge in [0.05, 0.1) is 0 Å². The second kappa shape index (κ2) is 5.70. The zero-order valence-corrected chi connectivity index (χ0v) is 12.1. The summed E-state index contributed by atoms with van der Waals surface area (Å²) in [6, 6.07) is 8.63. The largest absolute Gasteiger partial charge is 0.351 e. The summed E-state index contributed by atoms with van der Waals surface area (Å²) in [4.78, 5) is 14.2. The summed E-state index contributed by atoms with van der Waals surface area (Å²) in [5, 5.41) is 1.26. The molecule has 106 valence electrons. The molecule has 1 amide bonds. The van der Waals surface area contributed by atoms with Gasteiger partial charge in [0.1, 0.15) is 0 Å². The maximum atomic E-state index is 12.2. The summed E-state index contributed by atoms with van der Waals surface area (Å²) < 4.78 is 2.12. The van der Waals surface area contributed by atoms with Gasteiger partial charge in [0.25, 0.3) is 0 Å². The maximum absolute atomic E-state index is 12.2. The van der Waals surface area contributed by atoms with Crippen LogP contribution in [0.1, 0.15) is 31.2 Å². The molecule has 1 aliphatic heterocycles. The van der Waals surface area contributed by atoms with Crippen molar-refractivity contribution in [1.82, 2.24) is 9.47 Å². The predicted octanol–water partition coefficient (Wildman–Crippen LogP) is 3.12. The number of rotatable bonds is 3. The van der Waals surface area contributed by atoms with Crippen molar-refractivity contribution in [3.05, 3.63) is 36.0 Å². The second-order valence-corrected chi connectivity index (χ2v) is 5.76. The van der Waals surface area contributed by atoms with E-state index in [4.69, 9.17) is 0 Å². The first kappa shape index (κ1) is 13.2. The topological polar surface area (TPSA) is 25.2 Å². The molecule has 0 N–H and O–H groups in total. The van der Waals surface area contributed by atoms with Crippen molar-refractivity contribution in [2.45, 2.75) is 32.1 Å². The smallest absolute Gasteiger partial charge is 0.222 e. The molecule has 0 spiro atoms. The Labute approximate surface area is 120 Å². The third-order valence-corrected chi connectivity index (χ3v) is 4.29. The van der Waals surface area contributed by atoms with Crippen molar-refractivity contribution < 1.29 is 4.79 Å². The van der Waals surface area contributed by atoms with Gasteiger partial charge < -0.3 is 9.47 Å². The van der Waals surface area contributed by atoms with Gasteiger partial charge in [-0.1, -0.05) is 6.07 Å². The fourth-order valence-electron chi connectivity index (χ4n) is 3.04. The molecule has 1 fully saturated rings.